The van der Waals surface area contributed by atoms with E-state index in [0.29, 0.717) is 16.6 Å². The second-order valence-corrected chi connectivity index (χ2v) is 5.90. The number of thioether (sulfide) groups is 1. The largest absolute Gasteiger partial charge is 0.366 e. The Morgan fingerprint density at radius 3 is 2.94 bits per heavy atom. The van der Waals surface area contributed by atoms with Gasteiger partial charge in [0.25, 0.3) is 0 Å². The molecule has 1 aromatic rings. The van der Waals surface area contributed by atoms with Crippen LogP contribution in [0.4, 0.5) is 5.82 Å². The van der Waals surface area contributed by atoms with Crippen LogP contribution in [0.2, 0.25) is 5.28 Å². The number of hydrogen-bond donors (Lipinski definition) is 1. The molecule has 0 amide bonds. The van der Waals surface area contributed by atoms with Crippen LogP contribution < -0.4 is 5.32 Å². The van der Waals surface area contributed by atoms with E-state index in [1.165, 1.54) is 25.7 Å². The second-order valence-electron chi connectivity index (χ2n) is 4.48. The van der Waals surface area contributed by atoms with Gasteiger partial charge in [0.1, 0.15) is 5.82 Å². The highest BCUT2D eigenvalue weighted by Crippen LogP contribution is 2.29. The molecule has 2 rings (SSSR count). The Kier molecular flexibility index (Phi) is 4.51. The Hall–Kier alpha value is -0.480. The number of nitrogens with one attached hydrogen (secondary N) is 1. The maximum Gasteiger partial charge on any atom is 0.224 e. The monoisotopic (exact) mass is 271 g/mol. The molecule has 3 nitrogen and oxygen atoms in total. The lowest BCUT2D eigenvalue weighted by atomic mass is 9.95. The normalized spacial score (nSPS) is 24.6. The van der Waals surface area contributed by atoms with E-state index in [1.807, 2.05) is 18.7 Å². The lowest BCUT2D eigenvalue weighted by molar-refractivity contribution is 0.474. The van der Waals surface area contributed by atoms with Crippen LogP contribution in [-0.2, 0) is 0 Å². The van der Waals surface area contributed by atoms with Crippen LogP contribution in [0.15, 0.2) is 6.20 Å². The van der Waals surface area contributed by atoms with E-state index >= 15 is 0 Å². The van der Waals surface area contributed by atoms with Gasteiger partial charge < -0.3 is 5.32 Å². The lowest BCUT2D eigenvalue weighted by Gasteiger charge is -2.31. The van der Waals surface area contributed by atoms with E-state index in [0.717, 1.165) is 11.4 Å². The first-order valence-electron chi connectivity index (χ1n) is 5.99. The molecule has 1 heterocycles. The number of aryl methyl sites for hydroxylation is 1. The van der Waals surface area contributed by atoms with Crippen molar-refractivity contribution >= 4 is 29.2 Å². The zero-order chi connectivity index (χ0) is 12.3. The Morgan fingerprint density at radius 2 is 2.18 bits per heavy atom. The van der Waals surface area contributed by atoms with Crippen molar-refractivity contribution in [2.45, 2.75) is 43.9 Å². The molecule has 0 radical (unpaired) electrons. The summed E-state index contributed by atoms with van der Waals surface area (Å²) in [6.45, 7) is 2.01. The van der Waals surface area contributed by atoms with Crippen molar-refractivity contribution in [3.8, 4) is 0 Å². The van der Waals surface area contributed by atoms with Crippen molar-refractivity contribution in [3.63, 3.8) is 0 Å². The van der Waals surface area contributed by atoms with E-state index in [2.05, 4.69) is 21.5 Å². The fourth-order valence-electron chi connectivity index (χ4n) is 2.29. The van der Waals surface area contributed by atoms with E-state index in [4.69, 9.17) is 11.6 Å². The van der Waals surface area contributed by atoms with Gasteiger partial charge in [-0.3, -0.25) is 0 Å². The molecule has 1 aliphatic carbocycles. The lowest BCUT2D eigenvalue weighted by Crippen LogP contribution is -2.34. The van der Waals surface area contributed by atoms with Gasteiger partial charge >= 0.3 is 0 Å². The topological polar surface area (TPSA) is 37.8 Å². The molecule has 0 spiro atoms. The molecule has 1 saturated carbocycles. The highest BCUT2D eigenvalue weighted by atomic mass is 35.5. The van der Waals surface area contributed by atoms with Crippen LogP contribution in [-0.4, -0.2) is 27.5 Å². The molecule has 2 unspecified atom stereocenters. The smallest absolute Gasteiger partial charge is 0.224 e. The minimum Gasteiger partial charge on any atom is -0.366 e. The van der Waals surface area contributed by atoms with Gasteiger partial charge in [0.05, 0.1) is 0 Å². The molecular formula is C12H18ClN3S. The van der Waals surface area contributed by atoms with Gasteiger partial charge in [-0.05, 0) is 37.6 Å². The predicted molar refractivity (Wildman–Crippen MR) is 75.0 cm³/mol. The number of anilines is 1. The Balaban J connectivity index is 2.10. The molecule has 1 aliphatic rings. The molecule has 1 aromatic heterocycles. The van der Waals surface area contributed by atoms with Gasteiger partial charge in [-0.15, -0.1) is 0 Å². The molecule has 1 N–H and O–H groups in total. The van der Waals surface area contributed by atoms with Gasteiger partial charge in [-0.1, -0.05) is 12.8 Å². The first-order valence-corrected chi connectivity index (χ1v) is 7.65. The molecule has 2 atom stereocenters. The van der Waals surface area contributed by atoms with Crippen LogP contribution in [0.5, 0.6) is 0 Å². The van der Waals surface area contributed by atoms with Gasteiger partial charge in [0.15, 0.2) is 0 Å². The van der Waals surface area contributed by atoms with Crippen molar-refractivity contribution in [3.05, 3.63) is 17.0 Å². The fraction of sp³-hybridized carbons (Fsp3) is 0.667. The number of aromatic nitrogens is 2. The quantitative estimate of drug-likeness (QED) is 0.854. The second kappa shape index (κ2) is 5.91. The predicted octanol–water partition coefficient (Wildman–Crippen LogP) is 3.52. The zero-order valence-corrected chi connectivity index (χ0v) is 11.8. The Labute approximate surface area is 112 Å². The van der Waals surface area contributed by atoms with Crippen molar-refractivity contribution in [1.82, 2.24) is 9.97 Å². The molecule has 1 fully saturated rings. The van der Waals surface area contributed by atoms with Crippen LogP contribution in [0.25, 0.3) is 0 Å². The van der Waals surface area contributed by atoms with E-state index < -0.39 is 0 Å². The van der Waals surface area contributed by atoms with Crippen molar-refractivity contribution in [1.29, 1.82) is 0 Å². The SMILES string of the molecule is CSC1CCCCC1Nc1nc(Cl)ncc1C. The average molecular weight is 272 g/mol. The highest BCUT2D eigenvalue weighted by Gasteiger charge is 2.24. The molecular weight excluding hydrogens is 254 g/mol. The van der Waals surface area contributed by atoms with Gasteiger partial charge in [0, 0.05) is 23.1 Å². The zero-order valence-electron chi connectivity index (χ0n) is 10.2. The third-order valence-corrected chi connectivity index (χ3v) is 4.62. The fourth-order valence-corrected chi connectivity index (χ4v) is 3.35. The molecule has 0 aromatic carbocycles. The summed E-state index contributed by atoms with van der Waals surface area (Å²) in [5.74, 6) is 0.885. The summed E-state index contributed by atoms with van der Waals surface area (Å²) in [4.78, 5) is 8.25. The first kappa shape index (κ1) is 13.0. The molecule has 0 bridgehead atoms. The maximum absolute atomic E-state index is 5.84. The number of hydrogen-bond acceptors (Lipinski definition) is 4. The molecule has 94 valence electrons. The summed E-state index contributed by atoms with van der Waals surface area (Å²) in [6, 6.07) is 0.503. The third kappa shape index (κ3) is 3.26. The van der Waals surface area contributed by atoms with E-state index in [1.54, 1.807) is 6.20 Å². The highest BCUT2D eigenvalue weighted by molar-refractivity contribution is 7.99. The number of nitrogens with zero attached hydrogens (tertiary/aromatic N) is 2. The minimum atomic E-state index is 0.314. The van der Waals surface area contributed by atoms with Crippen molar-refractivity contribution < 1.29 is 0 Å². The number of rotatable bonds is 3. The molecule has 17 heavy (non-hydrogen) atoms. The van der Waals surface area contributed by atoms with Crippen molar-refractivity contribution in [2.75, 3.05) is 11.6 Å². The van der Waals surface area contributed by atoms with Crippen molar-refractivity contribution in [2.24, 2.45) is 0 Å². The first-order chi connectivity index (χ1) is 8.20. The van der Waals surface area contributed by atoms with Crippen LogP contribution in [0, 0.1) is 6.92 Å². The summed E-state index contributed by atoms with van der Waals surface area (Å²) in [6.07, 6.45) is 9.10. The van der Waals surface area contributed by atoms with E-state index in [-0.39, 0.29) is 0 Å². The van der Waals surface area contributed by atoms with Gasteiger partial charge in [0.2, 0.25) is 5.28 Å². The van der Waals surface area contributed by atoms with E-state index in [9.17, 15) is 0 Å². The van der Waals surface area contributed by atoms with Crippen LogP contribution >= 0.6 is 23.4 Å². The maximum atomic E-state index is 5.84. The van der Waals surface area contributed by atoms with Crippen LogP contribution in [0.1, 0.15) is 31.2 Å². The Morgan fingerprint density at radius 1 is 1.41 bits per heavy atom. The van der Waals surface area contributed by atoms with Crippen LogP contribution in [0.3, 0.4) is 0 Å². The average Bonchev–Trinajstić information content (AvgIpc) is 2.34. The number of halogens is 1. The standard InChI is InChI=1S/C12H18ClN3S/c1-8-7-14-12(13)16-11(8)15-9-5-3-4-6-10(9)17-2/h7,9-10H,3-6H2,1-2H3,(H,14,15,16). The summed E-state index contributed by atoms with van der Waals surface area (Å²) < 4.78 is 0. The van der Waals surface area contributed by atoms with Gasteiger partial charge in [-0.25, -0.2) is 9.97 Å². The minimum absolute atomic E-state index is 0.314. The molecule has 5 heteroatoms. The summed E-state index contributed by atoms with van der Waals surface area (Å²) in [5, 5.41) is 4.53. The molecule has 0 aliphatic heterocycles. The third-order valence-electron chi connectivity index (χ3n) is 3.27. The molecule has 0 saturated heterocycles. The Bertz CT molecular complexity index is 386. The summed E-state index contributed by atoms with van der Waals surface area (Å²) >= 11 is 7.78. The van der Waals surface area contributed by atoms with Gasteiger partial charge in [-0.2, -0.15) is 11.8 Å². The summed E-state index contributed by atoms with van der Waals surface area (Å²) in [7, 11) is 0. The summed E-state index contributed by atoms with van der Waals surface area (Å²) in [5.41, 5.74) is 1.06.